The average Bonchev–Trinajstić information content (AvgIpc) is 2.44. The number of ether oxygens (including phenoxy) is 2. The first-order valence-electron chi connectivity index (χ1n) is 5.77. The van der Waals surface area contributed by atoms with Gasteiger partial charge in [0, 0.05) is 23.3 Å². The number of hydrogen-bond donors (Lipinski definition) is 0. The summed E-state index contributed by atoms with van der Waals surface area (Å²) in [5.74, 6) is -1.28. The minimum atomic E-state index is -0.803. The van der Waals surface area contributed by atoms with E-state index in [0.29, 0.717) is 17.6 Å². The van der Waals surface area contributed by atoms with Crippen molar-refractivity contribution in [3.8, 4) is 11.5 Å². The van der Waals surface area contributed by atoms with E-state index in [2.05, 4.69) is 0 Å². The van der Waals surface area contributed by atoms with Gasteiger partial charge >= 0.3 is 0 Å². The molecule has 20 heavy (non-hydrogen) atoms. The van der Waals surface area contributed by atoms with Gasteiger partial charge in [0.25, 0.3) is 0 Å². The molecular weight excluding hydrogens is 266 g/mol. The molecule has 2 rings (SSSR count). The fraction of sp³-hybridized carbons (Fsp3) is 0.133. The van der Waals surface area contributed by atoms with Crippen molar-refractivity contribution >= 4 is 5.78 Å². The lowest BCUT2D eigenvalue weighted by Crippen LogP contribution is -2.04. The fourth-order valence-electron chi connectivity index (χ4n) is 1.79. The summed E-state index contributed by atoms with van der Waals surface area (Å²) in [6.07, 6.45) is 0. The monoisotopic (exact) mass is 278 g/mol. The smallest absolute Gasteiger partial charge is 0.193 e. The van der Waals surface area contributed by atoms with Gasteiger partial charge in [0.05, 0.1) is 14.2 Å². The van der Waals surface area contributed by atoms with Crippen LogP contribution in [0.4, 0.5) is 8.78 Å². The quantitative estimate of drug-likeness (QED) is 0.806. The van der Waals surface area contributed by atoms with Gasteiger partial charge in [-0.1, -0.05) is 0 Å². The molecule has 0 aliphatic heterocycles. The molecule has 0 aliphatic carbocycles. The molecule has 0 saturated heterocycles. The molecule has 0 N–H and O–H groups in total. The number of carbonyl (C=O) groups excluding carboxylic acids is 1. The van der Waals surface area contributed by atoms with E-state index in [9.17, 15) is 13.6 Å². The Morgan fingerprint density at radius 1 is 0.800 bits per heavy atom. The molecule has 0 amide bonds. The van der Waals surface area contributed by atoms with Crippen LogP contribution in [0.5, 0.6) is 11.5 Å². The van der Waals surface area contributed by atoms with E-state index in [1.54, 1.807) is 6.07 Å². The highest BCUT2D eigenvalue weighted by atomic mass is 19.1. The SMILES string of the molecule is COc1cc(OC)cc(C(=O)c2cc(F)cc(F)c2)c1. The molecule has 0 spiro atoms. The molecule has 0 heterocycles. The van der Waals surface area contributed by atoms with Crippen molar-refractivity contribution in [2.75, 3.05) is 14.2 Å². The predicted molar refractivity (Wildman–Crippen MR) is 69.3 cm³/mol. The van der Waals surface area contributed by atoms with E-state index >= 15 is 0 Å². The van der Waals surface area contributed by atoms with Crippen LogP contribution in [0.2, 0.25) is 0 Å². The summed E-state index contributed by atoms with van der Waals surface area (Å²) in [5.41, 5.74) is 0.156. The Morgan fingerprint density at radius 2 is 1.25 bits per heavy atom. The Labute approximate surface area is 114 Å². The van der Waals surface area contributed by atoms with Crippen molar-refractivity contribution in [2.45, 2.75) is 0 Å². The summed E-state index contributed by atoms with van der Waals surface area (Å²) in [7, 11) is 2.90. The number of hydrogen-bond acceptors (Lipinski definition) is 3. The lowest BCUT2D eigenvalue weighted by Gasteiger charge is -2.08. The van der Waals surface area contributed by atoms with Gasteiger partial charge in [0.1, 0.15) is 23.1 Å². The molecule has 0 aromatic heterocycles. The maximum absolute atomic E-state index is 13.2. The number of carbonyl (C=O) groups is 1. The molecule has 0 atom stereocenters. The summed E-state index contributed by atoms with van der Waals surface area (Å²) in [6.45, 7) is 0. The van der Waals surface area contributed by atoms with Crippen molar-refractivity contribution in [1.82, 2.24) is 0 Å². The minimum Gasteiger partial charge on any atom is -0.497 e. The number of ketones is 1. The fourth-order valence-corrected chi connectivity index (χ4v) is 1.79. The maximum atomic E-state index is 13.2. The third-order valence-corrected chi connectivity index (χ3v) is 2.74. The largest absolute Gasteiger partial charge is 0.497 e. The van der Waals surface area contributed by atoms with Crippen molar-refractivity contribution < 1.29 is 23.0 Å². The maximum Gasteiger partial charge on any atom is 0.193 e. The minimum absolute atomic E-state index is 0.0715. The van der Waals surface area contributed by atoms with Crippen LogP contribution in [0.3, 0.4) is 0 Å². The topological polar surface area (TPSA) is 35.5 Å². The second-order valence-electron chi connectivity index (χ2n) is 4.09. The Hall–Kier alpha value is -2.43. The second kappa shape index (κ2) is 5.69. The summed E-state index contributed by atoms with van der Waals surface area (Å²) < 4.78 is 36.4. The average molecular weight is 278 g/mol. The van der Waals surface area contributed by atoms with E-state index in [0.717, 1.165) is 12.1 Å². The van der Waals surface area contributed by atoms with Gasteiger partial charge in [-0.25, -0.2) is 8.78 Å². The highest BCUT2D eigenvalue weighted by Gasteiger charge is 2.14. The Morgan fingerprint density at radius 3 is 1.70 bits per heavy atom. The summed E-state index contributed by atoms with van der Waals surface area (Å²) in [5, 5.41) is 0. The van der Waals surface area contributed by atoms with Crippen LogP contribution in [0, 0.1) is 11.6 Å². The van der Waals surface area contributed by atoms with Gasteiger partial charge in [0.2, 0.25) is 0 Å². The number of benzene rings is 2. The number of methoxy groups -OCH3 is 2. The van der Waals surface area contributed by atoms with Crippen LogP contribution < -0.4 is 9.47 Å². The van der Waals surface area contributed by atoms with Gasteiger partial charge in [-0.3, -0.25) is 4.79 Å². The van der Waals surface area contributed by atoms with Crippen LogP contribution in [-0.4, -0.2) is 20.0 Å². The first-order valence-corrected chi connectivity index (χ1v) is 5.77. The molecule has 2 aromatic rings. The van der Waals surface area contributed by atoms with E-state index in [1.165, 1.54) is 26.4 Å². The van der Waals surface area contributed by atoms with Crippen molar-refractivity contribution in [3.05, 3.63) is 59.2 Å². The van der Waals surface area contributed by atoms with Crippen molar-refractivity contribution in [1.29, 1.82) is 0 Å². The summed E-state index contributed by atoms with van der Waals surface area (Å²) in [4.78, 5) is 12.2. The number of rotatable bonds is 4. The first-order chi connectivity index (χ1) is 9.53. The zero-order valence-electron chi connectivity index (χ0n) is 10.9. The normalized spacial score (nSPS) is 10.2. The Balaban J connectivity index is 2.47. The molecule has 104 valence electrons. The highest BCUT2D eigenvalue weighted by Crippen LogP contribution is 2.24. The van der Waals surface area contributed by atoms with Crippen molar-refractivity contribution in [2.24, 2.45) is 0 Å². The van der Waals surface area contributed by atoms with Crippen LogP contribution >= 0.6 is 0 Å². The highest BCUT2D eigenvalue weighted by molar-refractivity contribution is 6.09. The van der Waals surface area contributed by atoms with Crippen LogP contribution in [0.1, 0.15) is 15.9 Å². The van der Waals surface area contributed by atoms with Crippen LogP contribution in [0.15, 0.2) is 36.4 Å². The van der Waals surface area contributed by atoms with Crippen molar-refractivity contribution in [3.63, 3.8) is 0 Å². The third-order valence-electron chi connectivity index (χ3n) is 2.74. The van der Waals surface area contributed by atoms with E-state index in [4.69, 9.17) is 9.47 Å². The summed E-state index contributed by atoms with van der Waals surface area (Å²) >= 11 is 0. The van der Waals surface area contributed by atoms with Gasteiger partial charge in [-0.2, -0.15) is 0 Å². The first kappa shape index (κ1) is 14.0. The molecule has 5 heteroatoms. The molecule has 0 unspecified atom stereocenters. The van der Waals surface area contributed by atoms with Gasteiger partial charge < -0.3 is 9.47 Å². The van der Waals surface area contributed by atoms with E-state index in [1.807, 2.05) is 0 Å². The van der Waals surface area contributed by atoms with Gasteiger partial charge in [0.15, 0.2) is 5.78 Å². The molecule has 0 bridgehead atoms. The standard InChI is InChI=1S/C15H12F2O3/c1-19-13-5-10(6-14(8-13)20-2)15(18)9-3-11(16)7-12(17)4-9/h3-8H,1-2H3. The van der Waals surface area contributed by atoms with E-state index in [-0.39, 0.29) is 11.1 Å². The molecule has 3 nitrogen and oxygen atoms in total. The lowest BCUT2D eigenvalue weighted by molar-refractivity contribution is 0.103. The van der Waals surface area contributed by atoms with Gasteiger partial charge in [-0.15, -0.1) is 0 Å². The lowest BCUT2D eigenvalue weighted by atomic mass is 10.0. The van der Waals surface area contributed by atoms with E-state index < -0.39 is 17.4 Å². The number of halogens is 2. The molecule has 0 fully saturated rings. The third kappa shape index (κ3) is 2.93. The van der Waals surface area contributed by atoms with Gasteiger partial charge in [-0.05, 0) is 24.3 Å². The molecule has 2 aromatic carbocycles. The molecule has 0 radical (unpaired) electrons. The zero-order valence-corrected chi connectivity index (χ0v) is 10.9. The summed E-state index contributed by atoms with van der Waals surface area (Å²) in [6, 6.07) is 7.24. The zero-order chi connectivity index (χ0) is 14.7. The molecular formula is C15H12F2O3. The van der Waals surface area contributed by atoms with Crippen LogP contribution in [-0.2, 0) is 0 Å². The van der Waals surface area contributed by atoms with Crippen LogP contribution in [0.25, 0.3) is 0 Å². The Bertz CT molecular complexity index is 611. The molecule has 0 saturated carbocycles. The predicted octanol–water partition coefficient (Wildman–Crippen LogP) is 3.21. The Kier molecular flexibility index (Phi) is 3.98. The second-order valence-corrected chi connectivity index (χ2v) is 4.09. The molecule has 0 aliphatic rings.